The molecule has 122 valence electrons. The number of rotatable bonds is 2. The number of fused-ring (bicyclic) bond motifs is 2. The van der Waals surface area contributed by atoms with Crippen LogP contribution >= 0.6 is 0 Å². The van der Waals surface area contributed by atoms with Gasteiger partial charge in [0.15, 0.2) is 5.82 Å². The highest BCUT2D eigenvalue weighted by Crippen LogP contribution is 2.52. The average Bonchev–Trinajstić information content (AvgIpc) is 3.14. The molecule has 2 bridgehead atoms. The number of aromatic nitrogens is 6. The van der Waals surface area contributed by atoms with Crippen LogP contribution in [0.3, 0.4) is 0 Å². The van der Waals surface area contributed by atoms with E-state index >= 15 is 0 Å². The molecule has 1 aliphatic heterocycles. The van der Waals surface area contributed by atoms with Gasteiger partial charge in [-0.2, -0.15) is 9.78 Å². The molecule has 2 aliphatic rings. The standard InChI is InChI=1S/C15H21N7O/c1-14(2)5-10-6-15(3,7-14)8-21(10)13(23)11-4-12(18-17-11)22-9-16-19-20-22/h4,9-10H,5-8H2,1-3H3,(H,17,18)/t10-,15-/m1/s1. The van der Waals surface area contributed by atoms with Gasteiger partial charge in [0.2, 0.25) is 0 Å². The van der Waals surface area contributed by atoms with Gasteiger partial charge in [-0.1, -0.05) is 20.8 Å². The van der Waals surface area contributed by atoms with Gasteiger partial charge in [-0.15, -0.1) is 5.10 Å². The van der Waals surface area contributed by atoms with Crippen LogP contribution in [0.25, 0.3) is 5.82 Å². The maximum atomic E-state index is 12.9. The number of nitrogens with one attached hydrogen (secondary N) is 1. The number of nitrogens with zero attached hydrogens (tertiary/aromatic N) is 6. The van der Waals surface area contributed by atoms with Gasteiger partial charge in [-0.05, 0) is 40.5 Å². The summed E-state index contributed by atoms with van der Waals surface area (Å²) in [5, 5.41) is 17.9. The molecule has 23 heavy (non-hydrogen) atoms. The van der Waals surface area contributed by atoms with Crippen LogP contribution in [-0.2, 0) is 0 Å². The Morgan fingerprint density at radius 3 is 2.91 bits per heavy atom. The molecule has 2 atom stereocenters. The van der Waals surface area contributed by atoms with E-state index in [1.165, 1.54) is 17.4 Å². The minimum absolute atomic E-state index is 0.0169. The summed E-state index contributed by atoms with van der Waals surface area (Å²) in [7, 11) is 0. The van der Waals surface area contributed by atoms with Crippen LogP contribution in [0.2, 0.25) is 0 Å². The average molecular weight is 315 g/mol. The van der Waals surface area contributed by atoms with Crippen molar-refractivity contribution in [1.29, 1.82) is 0 Å². The third-order valence-electron chi connectivity index (χ3n) is 5.05. The van der Waals surface area contributed by atoms with E-state index in [9.17, 15) is 4.79 Å². The second kappa shape index (κ2) is 4.62. The maximum absolute atomic E-state index is 12.9. The fraction of sp³-hybridized carbons (Fsp3) is 0.667. The Kier molecular flexibility index (Phi) is 2.88. The molecule has 1 saturated heterocycles. The molecule has 4 rings (SSSR count). The fourth-order valence-corrected chi connectivity index (χ4v) is 4.66. The predicted molar refractivity (Wildman–Crippen MR) is 81.9 cm³/mol. The van der Waals surface area contributed by atoms with Gasteiger partial charge in [0.25, 0.3) is 5.91 Å². The topological polar surface area (TPSA) is 92.6 Å². The van der Waals surface area contributed by atoms with Gasteiger partial charge in [-0.3, -0.25) is 9.89 Å². The van der Waals surface area contributed by atoms with E-state index in [0.717, 1.165) is 19.4 Å². The number of hydrogen-bond donors (Lipinski definition) is 1. The van der Waals surface area contributed by atoms with Crippen molar-refractivity contribution in [2.24, 2.45) is 10.8 Å². The largest absolute Gasteiger partial charge is 0.334 e. The Labute approximate surface area is 134 Å². The van der Waals surface area contributed by atoms with Gasteiger partial charge in [0.05, 0.1) is 0 Å². The first-order valence-electron chi connectivity index (χ1n) is 7.95. The molecule has 0 radical (unpaired) electrons. The van der Waals surface area contributed by atoms with Gasteiger partial charge >= 0.3 is 0 Å². The number of likely N-dealkylation sites (tertiary alicyclic amines) is 1. The summed E-state index contributed by atoms with van der Waals surface area (Å²) >= 11 is 0. The lowest BCUT2D eigenvalue weighted by molar-refractivity contribution is 0.0702. The third-order valence-corrected chi connectivity index (χ3v) is 5.05. The molecule has 0 spiro atoms. The van der Waals surface area contributed by atoms with Crippen molar-refractivity contribution in [3.05, 3.63) is 18.1 Å². The SMILES string of the molecule is CC1(C)C[C@@H]2C[C@@](C)(CN2C(=O)c2cc(-n3cnnn3)n[nH]2)C1. The third kappa shape index (κ3) is 2.42. The molecule has 8 heteroatoms. The number of hydrogen-bond acceptors (Lipinski definition) is 5. The van der Waals surface area contributed by atoms with E-state index in [2.05, 4.69) is 46.5 Å². The summed E-state index contributed by atoms with van der Waals surface area (Å²) in [6.07, 6.45) is 4.77. The van der Waals surface area contributed by atoms with Crippen LogP contribution < -0.4 is 0 Å². The maximum Gasteiger partial charge on any atom is 0.272 e. The molecule has 8 nitrogen and oxygen atoms in total. The summed E-state index contributed by atoms with van der Waals surface area (Å²) in [5.41, 5.74) is 1.00. The quantitative estimate of drug-likeness (QED) is 0.905. The minimum atomic E-state index is 0.0169. The lowest BCUT2D eigenvalue weighted by Crippen LogP contribution is -2.37. The zero-order chi connectivity index (χ0) is 16.2. The highest BCUT2D eigenvalue weighted by atomic mass is 16.2. The van der Waals surface area contributed by atoms with E-state index in [1.807, 2.05) is 4.90 Å². The molecule has 2 aromatic rings. The summed E-state index contributed by atoms with van der Waals surface area (Å²) in [6, 6.07) is 2.02. The van der Waals surface area contributed by atoms with E-state index < -0.39 is 0 Å². The van der Waals surface area contributed by atoms with Crippen LogP contribution in [0.15, 0.2) is 12.4 Å². The molecule has 2 aromatic heterocycles. The monoisotopic (exact) mass is 315 g/mol. The molecule has 0 aromatic carbocycles. The van der Waals surface area contributed by atoms with Gasteiger partial charge in [-0.25, -0.2) is 0 Å². The summed E-state index contributed by atoms with van der Waals surface area (Å²) in [4.78, 5) is 14.9. The lowest BCUT2D eigenvalue weighted by atomic mass is 9.65. The normalized spacial score (nSPS) is 29.0. The highest BCUT2D eigenvalue weighted by molar-refractivity contribution is 5.93. The molecule has 3 heterocycles. The molecular formula is C15H21N7O. The fourth-order valence-electron chi connectivity index (χ4n) is 4.66. The Morgan fingerprint density at radius 2 is 2.17 bits per heavy atom. The van der Waals surface area contributed by atoms with Crippen molar-refractivity contribution >= 4 is 5.91 Å². The number of carbonyl (C=O) groups excluding carboxylic acids is 1. The van der Waals surface area contributed by atoms with E-state index in [1.54, 1.807) is 6.07 Å². The van der Waals surface area contributed by atoms with E-state index in [0.29, 0.717) is 17.6 Å². The first-order valence-corrected chi connectivity index (χ1v) is 7.95. The van der Waals surface area contributed by atoms with Crippen molar-refractivity contribution in [1.82, 2.24) is 35.3 Å². The Morgan fingerprint density at radius 1 is 1.35 bits per heavy atom. The zero-order valence-corrected chi connectivity index (χ0v) is 13.7. The first-order chi connectivity index (χ1) is 10.9. The molecular weight excluding hydrogens is 294 g/mol. The second-order valence-electron chi connectivity index (χ2n) is 8.04. The number of carbonyl (C=O) groups is 1. The summed E-state index contributed by atoms with van der Waals surface area (Å²) in [5.74, 6) is 0.537. The van der Waals surface area contributed by atoms with E-state index in [4.69, 9.17) is 0 Å². The van der Waals surface area contributed by atoms with Crippen LogP contribution in [-0.4, -0.2) is 53.8 Å². The second-order valence-corrected chi connectivity index (χ2v) is 8.04. The van der Waals surface area contributed by atoms with Crippen molar-refractivity contribution < 1.29 is 4.79 Å². The number of tetrazole rings is 1. The van der Waals surface area contributed by atoms with Gasteiger partial charge in [0.1, 0.15) is 12.0 Å². The van der Waals surface area contributed by atoms with Crippen molar-refractivity contribution in [2.45, 2.75) is 46.1 Å². The minimum Gasteiger partial charge on any atom is -0.334 e. The first kappa shape index (κ1) is 14.3. The molecule has 1 saturated carbocycles. The highest BCUT2D eigenvalue weighted by Gasteiger charge is 2.51. The Hall–Kier alpha value is -2.25. The molecule has 1 aliphatic carbocycles. The molecule has 2 fully saturated rings. The Bertz CT molecular complexity index is 735. The Balaban J connectivity index is 1.58. The summed E-state index contributed by atoms with van der Waals surface area (Å²) < 4.78 is 1.43. The van der Waals surface area contributed by atoms with Gasteiger partial charge < -0.3 is 4.90 Å². The van der Waals surface area contributed by atoms with Gasteiger partial charge in [0, 0.05) is 18.7 Å². The number of aromatic amines is 1. The molecule has 0 unspecified atom stereocenters. The predicted octanol–water partition coefficient (Wildman–Crippen LogP) is 1.43. The van der Waals surface area contributed by atoms with Crippen molar-refractivity contribution in [3.8, 4) is 5.82 Å². The van der Waals surface area contributed by atoms with Crippen molar-refractivity contribution in [3.63, 3.8) is 0 Å². The van der Waals surface area contributed by atoms with Crippen LogP contribution in [0.1, 0.15) is 50.5 Å². The lowest BCUT2D eigenvalue weighted by Gasteiger charge is -2.39. The number of H-pyrrole nitrogens is 1. The van der Waals surface area contributed by atoms with Crippen LogP contribution in [0.4, 0.5) is 0 Å². The van der Waals surface area contributed by atoms with Crippen LogP contribution in [0, 0.1) is 10.8 Å². The van der Waals surface area contributed by atoms with Crippen molar-refractivity contribution in [2.75, 3.05) is 6.54 Å². The van der Waals surface area contributed by atoms with E-state index in [-0.39, 0.29) is 16.7 Å². The number of amides is 1. The summed E-state index contributed by atoms with van der Waals surface area (Å²) in [6.45, 7) is 7.72. The zero-order valence-electron chi connectivity index (χ0n) is 13.7. The molecule has 1 amide bonds. The van der Waals surface area contributed by atoms with Crippen LogP contribution in [0.5, 0.6) is 0 Å². The molecule has 1 N–H and O–H groups in total. The smallest absolute Gasteiger partial charge is 0.272 e.